The average Bonchev–Trinajstić information content (AvgIpc) is 2.32. The second-order valence-electron chi connectivity index (χ2n) is 3.94. The van der Waals surface area contributed by atoms with Crippen LogP contribution in [-0.2, 0) is 16.1 Å². The number of hydrogen-bond acceptors (Lipinski definition) is 2. The molecule has 3 nitrogen and oxygen atoms in total. The molecule has 0 spiro atoms. The van der Waals surface area contributed by atoms with Crippen molar-refractivity contribution >= 4 is 21.8 Å². The highest BCUT2D eigenvalue weighted by atomic mass is 79.9. The molecular weight excluding hydrogens is 282 g/mol. The molecule has 0 unspecified atom stereocenters. The van der Waals surface area contributed by atoms with Gasteiger partial charge in [-0.2, -0.15) is 0 Å². The number of methoxy groups -OCH3 is 1. The summed E-state index contributed by atoms with van der Waals surface area (Å²) in [6.07, 6.45) is 1.31. The predicted octanol–water partition coefficient (Wildman–Crippen LogP) is 2.83. The van der Waals surface area contributed by atoms with Gasteiger partial charge in [0.15, 0.2) is 0 Å². The van der Waals surface area contributed by atoms with E-state index < -0.39 is 0 Å². The van der Waals surface area contributed by atoms with E-state index in [2.05, 4.69) is 15.9 Å². The van der Waals surface area contributed by atoms with E-state index in [1.54, 1.807) is 12.0 Å². The summed E-state index contributed by atoms with van der Waals surface area (Å²) in [5.41, 5.74) is 1.12. The van der Waals surface area contributed by atoms with E-state index in [9.17, 15) is 4.79 Å². The van der Waals surface area contributed by atoms with Crippen molar-refractivity contribution < 1.29 is 9.53 Å². The van der Waals surface area contributed by atoms with E-state index >= 15 is 0 Å². The number of benzene rings is 1. The van der Waals surface area contributed by atoms with Crippen LogP contribution in [0.15, 0.2) is 28.7 Å². The van der Waals surface area contributed by atoms with Crippen molar-refractivity contribution in [2.45, 2.75) is 19.4 Å². The minimum Gasteiger partial charge on any atom is -0.385 e. The molecule has 0 aromatic heterocycles. The highest BCUT2D eigenvalue weighted by molar-refractivity contribution is 9.10. The molecule has 1 amide bonds. The van der Waals surface area contributed by atoms with Crippen LogP contribution < -0.4 is 0 Å². The molecule has 0 fully saturated rings. The third-order valence-electron chi connectivity index (χ3n) is 2.53. The van der Waals surface area contributed by atoms with Crippen molar-refractivity contribution in [3.8, 4) is 0 Å². The fraction of sp³-hybridized carbons (Fsp3) is 0.462. The minimum absolute atomic E-state index is 0.151. The van der Waals surface area contributed by atoms with Crippen LogP contribution in [0.2, 0.25) is 0 Å². The van der Waals surface area contributed by atoms with E-state index in [1.807, 2.05) is 31.3 Å². The van der Waals surface area contributed by atoms with Gasteiger partial charge in [0.2, 0.25) is 5.91 Å². The summed E-state index contributed by atoms with van der Waals surface area (Å²) >= 11 is 3.48. The van der Waals surface area contributed by atoms with Crippen molar-refractivity contribution in [2.75, 3.05) is 20.8 Å². The van der Waals surface area contributed by atoms with Gasteiger partial charge in [0.1, 0.15) is 0 Å². The van der Waals surface area contributed by atoms with E-state index in [1.165, 1.54) is 0 Å². The molecule has 0 aliphatic rings. The second-order valence-corrected chi connectivity index (χ2v) is 4.79. The lowest BCUT2D eigenvalue weighted by Gasteiger charge is -2.18. The van der Waals surface area contributed by atoms with Crippen molar-refractivity contribution in [1.29, 1.82) is 0 Å². The Hall–Kier alpha value is -0.870. The Kier molecular flexibility index (Phi) is 6.22. The molecule has 0 atom stereocenters. The van der Waals surface area contributed by atoms with Crippen molar-refractivity contribution in [1.82, 2.24) is 4.90 Å². The topological polar surface area (TPSA) is 29.5 Å². The molecule has 0 aliphatic carbocycles. The molecule has 1 aromatic carbocycles. The zero-order chi connectivity index (χ0) is 12.7. The van der Waals surface area contributed by atoms with Gasteiger partial charge in [-0.05, 0) is 18.1 Å². The van der Waals surface area contributed by atoms with Crippen LogP contribution in [0, 0.1) is 0 Å². The lowest BCUT2D eigenvalue weighted by Crippen LogP contribution is -2.26. The van der Waals surface area contributed by atoms with E-state index in [0.29, 0.717) is 19.6 Å². The first-order valence-electron chi connectivity index (χ1n) is 5.61. The standard InChI is InChI=1S/C13H18BrNO2/c1-15(13(16)8-5-9-17-2)10-11-6-3-4-7-12(11)14/h3-4,6-7H,5,8-10H2,1-2H3. The maximum Gasteiger partial charge on any atom is 0.222 e. The fourth-order valence-corrected chi connectivity index (χ4v) is 1.94. The minimum atomic E-state index is 0.151. The number of nitrogens with zero attached hydrogens (tertiary/aromatic N) is 1. The van der Waals surface area contributed by atoms with Crippen molar-refractivity contribution in [3.05, 3.63) is 34.3 Å². The number of rotatable bonds is 6. The largest absolute Gasteiger partial charge is 0.385 e. The lowest BCUT2D eigenvalue weighted by atomic mass is 10.2. The fourth-order valence-electron chi connectivity index (χ4n) is 1.53. The number of hydrogen-bond donors (Lipinski definition) is 0. The van der Waals surface area contributed by atoms with Gasteiger partial charge in [-0.25, -0.2) is 0 Å². The number of ether oxygens (including phenoxy) is 1. The molecule has 17 heavy (non-hydrogen) atoms. The molecule has 0 saturated heterocycles. The molecule has 0 N–H and O–H groups in total. The Morgan fingerprint density at radius 1 is 1.41 bits per heavy atom. The van der Waals surface area contributed by atoms with Crippen LogP contribution in [0.3, 0.4) is 0 Å². The van der Waals surface area contributed by atoms with E-state index in [0.717, 1.165) is 16.5 Å². The molecule has 4 heteroatoms. The molecule has 0 saturated carbocycles. The molecule has 0 bridgehead atoms. The zero-order valence-electron chi connectivity index (χ0n) is 10.3. The first-order valence-corrected chi connectivity index (χ1v) is 6.40. The second kappa shape index (κ2) is 7.45. The highest BCUT2D eigenvalue weighted by Gasteiger charge is 2.10. The Morgan fingerprint density at radius 3 is 2.76 bits per heavy atom. The molecule has 0 radical (unpaired) electrons. The Labute approximate surface area is 111 Å². The van der Waals surface area contributed by atoms with Gasteiger partial charge < -0.3 is 9.64 Å². The molecule has 0 heterocycles. The summed E-state index contributed by atoms with van der Waals surface area (Å²) in [7, 11) is 3.48. The zero-order valence-corrected chi connectivity index (χ0v) is 11.9. The van der Waals surface area contributed by atoms with Gasteiger partial charge in [-0.3, -0.25) is 4.79 Å². The normalized spacial score (nSPS) is 10.3. The highest BCUT2D eigenvalue weighted by Crippen LogP contribution is 2.17. The first-order chi connectivity index (χ1) is 8.15. The van der Waals surface area contributed by atoms with Gasteiger partial charge in [0.25, 0.3) is 0 Å². The summed E-state index contributed by atoms with van der Waals surface area (Å²) in [6, 6.07) is 7.94. The third-order valence-corrected chi connectivity index (χ3v) is 3.30. The maximum atomic E-state index is 11.8. The number of carbonyl (C=O) groups excluding carboxylic acids is 1. The summed E-state index contributed by atoms with van der Waals surface area (Å²) in [5, 5.41) is 0. The SMILES string of the molecule is COCCCC(=O)N(C)Cc1ccccc1Br. The summed E-state index contributed by atoms with van der Waals surface area (Å²) in [5.74, 6) is 0.151. The van der Waals surface area contributed by atoms with Gasteiger partial charge in [-0.15, -0.1) is 0 Å². The Morgan fingerprint density at radius 2 is 2.12 bits per heavy atom. The van der Waals surface area contributed by atoms with Crippen LogP contribution in [0.25, 0.3) is 0 Å². The average molecular weight is 300 g/mol. The number of carbonyl (C=O) groups is 1. The predicted molar refractivity (Wildman–Crippen MR) is 71.7 cm³/mol. The van der Waals surface area contributed by atoms with Crippen LogP contribution >= 0.6 is 15.9 Å². The first kappa shape index (κ1) is 14.2. The molecule has 1 aromatic rings. The van der Waals surface area contributed by atoms with Gasteiger partial charge in [-0.1, -0.05) is 34.1 Å². The van der Waals surface area contributed by atoms with Crippen LogP contribution in [-0.4, -0.2) is 31.6 Å². The summed E-state index contributed by atoms with van der Waals surface area (Å²) in [6.45, 7) is 1.27. The smallest absolute Gasteiger partial charge is 0.222 e. The summed E-state index contributed by atoms with van der Waals surface area (Å²) in [4.78, 5) is 13.5. The van der Waals surface area contributed by atoms with Crippen LogP contribution in [0.4, 0.5) is 0 Å². The van der Waals surface area contributed by atoms with Crippen LogP contribution in [0.5, 0.6) is 0 Å². The third kappa shape index (κ3) is 4.88. The monoisotopic (exact) mass is 299 g/mol. The van der Waals surface area contributed by atoms with Crippen LogP contribution in [0.1, 0.15) is 18.4 Å². The van der Waals surface area contributed by atoms with E-state index in [4.69, 9.17) is 4.74 Å². The molecular formula is C13H18BrNO2. The van der Waals surface area contributed by atoms with E-state index in [-0.39, 0.29) is 5.91 Å². The maximum absolute atomic E-state index is 11.8. The van der Waals surface area contributed by atoms with Gasteiger partial charge >= 0.3 is 0 Å². The van der Waals surface area contributed by atoms with Gasteiger partial charge in [0.05, 0.1) is 0 Å². The molecule has 0 aliphatic heterocycles. The van der Waals surface area contributed by atoms with Crippen molar-refractivity contribution in [3.63, 3.8) is 0 Å². The van der Waals surface area contributed by atoms with Crippen molar-refractivity contribution in [2.24, 2.45) is 0 Å². The Balaban J connectivity index is 2.46. The molecule has 1 rings (SSSR count). The quantitative estimate of drug-likeness (QED) is 0.756. The Bertz CT molecular complexity index is 368. The number of amides is 1. The number of halogens is 1. The van der Waals surface area contributed by atoms with Gasteiger partial charge in [0, 0.05) is 38.2 Å². The molecule has 94 valence electrons. The lowest BCUT2D eigenvalue weighted by molar-refractivity contribution is -0.130. The summed E-state index contributed by atoms with van der Waals surface area (Å²) < 4.78 is 5.97.